The maximum Gasteiger partial charge on any atom is 0.124 e. The van der Waals surface area contributed by atoms with Gasteiger partial charge in [-0.3, -0.25) is 0 Å². The van der Waals surface area contributed by atoms with Crippen LogP contribution in [0.15, 0.2) is 18.2 Å². The van der Waals surface area contributed by atoms with E-state index < -0.39 is 6.10 Å². The minimum atomic E-state index is -0.488. The van der Waals surface area contributed by atoms with E-state index in [4.69, 9.17) is 14.2 Å². The van der Waals surface area contributed by atoms with Gasteiger partial charge in [0.15, 0.2) is 0 Å². The molecule has 1 rings (SSSR count). The largest absolute Gasteiger partial charge is 0.496 e. The van der Waals surface area contributed by atoms with Crippen molar-refractivity contribution < 1.29 is 19.3 Å². The Bertz CT molecular complexity index is 350. The smallest absolute Gasteiger partial charge is 0.124 e. The lowest BCUT2D eigenvalue weighted by atomic mass is 10.1. The molecule has 0 aliphatic carbocycles. The van der Waals surface area contributed by atoms with E-state index in [0.717, 1.165) is 16.9 Å². The molecule has 0 heterocycles. The van der Waals surface area contributed by atoms with Gasteiger partial charge in [-0.15, -0.1) is 0 Å². The van der Waals surface area contributed by atoms with E-state index in [2.05, 4.69) is 0 Å². The van der Waals surface area contributed by atoms with E-state index in [-0.39, 0.29) is 0 Å². The second-order valence-corrected chi connectivity index (χ2v) is 4.00. The molecular formula is C14H22O4. The van der Waals surface area contributed by atoms with Gasteiger partial charge in [-0.1, -0.05) is 6.07 Å². The number of ether oxygens (including phenoxy) is 3. The first-order chi connectivity index (χ1) is 8.69. The summed E-state index contributed by atoms with van der Waals surface area (Å²) in [6, 6.07) is 5.61. The fourth-order valence-electron chi connectivity index (χ4n) is 1.62. The number of methoxy groups -OCH3 is 1. The van der Waals surface area contributed by atoms with Crippen molar-refractivity contribution in [3.05, 3.63) is 29.3 Å². The van der Waals surface area contributed by atoms with Gasteiger partial charge in [-0.05, 0) is 31.5 Å². The van der Waals surface area contributed by atoms with Crippen molar-refractivity contribution in [3.63, 3.8) is 0 Å². The highest BCUT2D eigenvalue weighted by Gasteiger charge is 2.07. The van der Waals surface area contributed by atoms with Crippen LogP contribution in [0, 0.1) is 0 Å². The summed E-state index contributed by atoms with van der Waals surface area (Å²) >= 11 is 0. The van der Waals surface area contributed by atoms with Gasteiger partial charge >= 0.3 is 0 Å². The van der Waals surface area contributed by atoms with Crippen molar-refractivity contribution in [3.8, 4) is 5.75 Å². The topological polar surface area (TPSA) is 47.9 Å². The van der Waals surface area contributed by atoms with Gasteiger partial charge in [0.25, 0.3) is 0 Å². The van der Waals surface area contributed by atoms with Crippen LogP contribution in [0.1, 0.15) is 31.1 Å². The first kappa shape index (κ1) is 15.0. The number of aliphatic hydroxyl groups is 1. The number of hydrogen-bond donors (Lipinski definition) is 1. The van der Waals surface area contributed by atoms with Crippen LogP contribution >= 0.6 is 0 Å². The van der Waals surface area contributed by atoms with Gasteiger partial charge in [0.1, 0.15) is 5.75 Å². The summed E-state index contributed by atoms with van der Waals surface area (Å²) in [4.78, 5) is 0. The van der Waals surface area contributed by atoms with Crippen LogP contribution in [0.3, 0.4) is 0 Å². The zero-order valence-corrected chi connectivity index (χ0v) is 11.3. The van der Waals surface area contributed by atoms with Gasteiger partial charge in [-0.25, -0.2) is 0 Å². The second-order valence-electron chi connectivity index (χ2n) is 4.00. The summed E-state index contributed by atoms with van der Waals surface area (Å²) < 4.78 is 16.0. The van der Waals surface area contributed by atoms with Gasteiger partial charge < -0.3 is 19.3 Å². The zero-order valence-electron chi connectivity index (χ0n) is 11.3. The fraction of sp³-hybridized carbons (Fsp3) is 0.571. The maximum atomic E-state index is 9.55. The lowest BCUT2D eigenvalue weighted by Gasteiger charge is -2.12. The summed E-state index contributed by atoms with van der Waals surface area (Å²) in [5.74, 6) is 0.774. The summed E-state index contributed by atoms with van der Waals surface area (Å²) in [5.41, 5.74) is 1.80. The Balaban J connectivity index is 2.58. The Hall–Kier alpha value is -1.10. The third kappa shape index (κ3) is 4.64. The molecule has 4 heteroatoms. The molecule has 0 radical (unpaired) electrons. The summed E-state index contributed by atoms with van der Waals surface area (Å²) in [6.45, 7) is 5.99. The summed E-state index contributed by atoms with van der Waals surface area (Å²) in [5, 5.41) is 9.55. The first-order valence-corrected chi connectivity index (χ1v) is 6.19. The maximum absolute atomic E-state index is 9.55. The predicted octanol–water partition coefficient (Wildman–Crippen LogP) is 2.30. The minimum Gasteiger partial charge on any atom is -0.496 e. The molecule has 0 aromatic heterocycles. The first-order valence-electron chi connectivity index (χ1n) is 6.19. The van der Waals surface area contributed by atoms with E-state index in [1.807, 2.05) is 25.1 Å². The third-order valence-electron chi connectivity index (χ3n) is 2.62. The number of hydrogen-bond acceptors (Lipinski definition) is 4. The Morgan fingerprint density at radius 1 is 1.22 bits per heavy atom. The van der Waals surface area contributed by atoms with Crippen LogP contribution in [-0.2, 0) is 16.1 Å². The van der Waals surface area contributed by atoms with Gasteiger partial charge in [0, 0.05) is 12.2 Å². The van der Waals surface area contributed by atoms with Crippen molar-refractivity contribution in [2.75, 3.05) is 26.9 Å². The molecule has 1 unspecified atom stereocenters. The lowest BCUT2D eigenvalue weighted by molar-refractivity contribution is 0.0445. The minimum absolute atomic E-state index is 0.455. The Morgan fingerprint density at radius 2 is 1.94 bits per heavy atom. The molecule has 0 aliphatic heterocycles. The molecule has 0 saturated carbocycles. The van der Waals surface area contributed by atoms with Crippen LogP contribution in [0.25, 0.3) is 0 Å². The van der Waals surface area contributed by atoms with Crippen LogP contribution in [0.4, 0.5) is 0 Å². The highest BCUT2D eigenvalue weighted by atomic mass is 16.5. The van der Waals surface area contributed by atoms with E-state index in [1.54, 1.807) is 14.0 Å². The monoisotopic (exact) mass is 254 g/mol. The molecule has 4 nitrogen and oxygen atoms in total. The van der Waals surface area contributed by atoms with Gasteiger partial charge in [0.05, 0.1) is 33.0 Å². The summed E-state index contributed by atoms with van der Waals surface area (Å²) in [6.07, 6.45) is -0.488. The average molecular weight is 254 g/mol. The summed E-state index contributed by atoms with van der Waals surface area (Å²) in [7, 11) is 1.63. The average Bonchev–Trinajstić information content (AvgIpc) is 2.38. The third-order valence-corrected chi connectivity index (χ3v) is 2.62. The molecule has 0 aliphatic rings. The molecule has 1 aromatic rings. The molecule has 0 saturated heterocycles. The normalized spacial score (nSPS) is 12.4. The van der Waals surface area contributed by atoms with Crippen LogP contribution < -0.4 is 4.74 Å². The van der Waals surface area contributed by atoms with E-state index in [9.17, 15) is 5.11 Å². The quantitative estimate of drug-likeness (QED) is 0.723. The molecule has 0 amide bonds. The van der Waals surface area contributed by atoms with Crippen molar-refractivity contribution in [1.29, 1.82) is 0 Å². The molecular weight excluding hydrogens is 232 g/mol. The number of rotatable bonds is 8. The molecule has 0 bridgehead atoms. The number of benzene rings is 1. The highest BCUT2D eigenvalue weighted by molar-refractivity contribution is 5.37. The predicted molar refractivity (Wildman–Crippen MR) is 69.8 cm³/mol. The van der Waals surface area contributed by atoms with Crippen LogP contribution in [-0.4, -0.2) is 32.0 Å². The van der Waals surface area contributed by atoms with Crippen LogP contribution in [0.2, 0.25) is 0 Å². The molecule has 1 N–H and O–H groups in total. The van der Waals surface area contributed by atoms with Crippen LogP contribution in [0.5, 0.6) is 5.75 Å². The van der Waals surface area contributed by atoms with Crippen molar-refractivity contribution in [2.24, 2.45) is 0 Å². The Labute approximate surface area is 108 Å². The standard InChI is InChI=1S/C14H22O4/c1-4-17-7-8-18-10-13-9-12(11(2)15)5-6-14(13)16-3/h5-6,9,11,15H,4,7-8,10H2,1-3H3. The van der Waals surface area contributed by atoms with E-state index in [0.29, 0.717) is 26.4 Å². The molecule has 0 spiro atoms. The SMILES string of the molecule is CCOCCOCc1cc(C(C)O)ccc1OC. The van der Waals surface area contributed by atoms with Gasteiger partial charge in [-0.2, -0.15) is 0 Å². The number of aliphatic hydroxyl groups excluding tert-OH is 1. The molecule has 1 aromatic carbocycles. The van der Waals surface area contributed by atoms with E-state index in [1.165, 1.54) is 0 Å². The van der Waals surface area contributed by atoms with Crippen molar-refractivity contribution >= 4 is 0 Å². The van der Waals surface area contributed by atoms with Gasteiger partial charge in [0.2, 0.25) is 0 Å². The Kier molecular flexibility index (Phi) is 6.72. The lowest BCUT2D eigenvalue weighted by Crippen LogP contribution is -2.05. The molecule has 18 heavy (non-hydrogen) atoms. The molecule has 0 fully saturated rings. The fourth-order valence-corrected chi connectivity index (χ4v) is 1.62. The van der Waals surface area contributed by atoms with E-state index >= 15 is 0 Å². The molecule has 102 valence electrons. The Morgan fingerprint density at radius 3 is 2.56 bits per heavy atom. The zero-order chi connectivity index (χ0) is 13.4. The van der Waals surface area contributed by atoms with Crippen molar-refractivity contribution in [1.82, 2.24) is 0 Å². The molecule has 1 atom stereocenters. The van der Waals surface area contributed by atoms with Crippen molar-refractivity contribution in [2.45, 2.75) is 26.6 Å². The second kappa shape index (κ2) is 8.08. The highest BCUT2D eigenvalue weighted by Crippen LogP contribution is 2.23.